The zero-order valence-electron chi connectivity index (χ0n) is 9.54. The van der Waals surface area contributed by atoms with Gasteiger partial charge >= 0.3 is 110 Å². The van der Waals surface area contributed by atoms with E-state index in [-0.39, 0.29) is 26.9 Å². The fraction of sp³-hybridized carbons (Fsp3) is 0.0714. The molecule has 0 fully saturated rings. The number of benzene rings is 2. The van der Waals surface area contributed by atoms with Crippen molar-refractivity contribution in [2.24, 2.45) is 0 Å². The van der Waals surface area contributed by atoms with Gasteiger partial charge in [-0.25, -0.2) is 0 Å². The molecule has 0 aliphatic heterocycles. The van der Waals surface area contributed by atoms with Gasteiger partial charge in [-0.3, -0.25) is 0 Å². The fourth-order valence-electron chi connectivity index (χ4n) is 1.88. The average molecular weight is 304 g/mol. The van der Waals surface area contributed by atoms with Crippen LogP contribution in [0.25, 0.3) is 15.3 Å². The van der Waals surface area contributed by atoms with E-state index in [2.05, 4.69) is 0 Å². The van der Waals surface area contributed by atoms with E-state index < -0.39 is 0 Å². The number of nitrogens with zero attached hydrogens (tertiary/aromatic N) is 1. The van der Waals surface area contributed by atoms with Crippen molar-refractivity contribution in [3.63, 3.8) is 0 Å². The molecule has 1 heterocycles. The summed E-state index contributed by atoms with van der Waals surface area (Å²) < 4.78 is 2.94. The molecule has 0 spiro atoms. The standard InChI is InChI=1S/C14H11NO2Se/c16-9-10-5-7-11(8-6-10)15-14(17)12-3-1-2-4-13(12)18-15/h1-8,16H,9H2. The van der Waals surface area contributed by atoms with E-state index in [1.165, 1.54) is 0 Å². The van der Waals surface area contributed by atoms with Crippen LogP contribution in [-0.4, -0.2) is 23.4 Å². The van der Waals surface area contributed by atoms with E-state index in [4.69, 9.17) is 5.11 Å². The molecule has 18 heavy (non-hydrogen) atoms. The molecule has 0 atom stereocenters. The van der Waals surface area contributed by atoms with Crippen molar-refractivity contribution >= 4 is 24.4 Å². The molecule has 3 nitrogen and oxygen atoms in total. The third-order valence-electron chi connectivity index (χ3n) is 2.84. The van der Waals surface area contributed by atoms with Gasteiger partial charge < -0.3 is 0 Å². The number of hydrogen-bond acceptors (Lipinski definition) is 2. The quantitative estimate of drug-likeness (QED) is 0.730. The van der Waals surface area contributed by atoms with Crippen LogP contribution in [0.4, 0.5) is 0 Å². The van der Waals surface area contributed by atoms with Gasteiger partial charge in [-0.15, -0.1) is 0 Å². The van der Waals surface area contributed by atoms with Gasteiger partial charge in [0.25, 0.3) is 0 Å². The summed E-state index contributed by atoms with van der Waals surface area (Å²) in [6, 6.07) is 15.2. The van der Waals surface area contributed by atoms with Crippen LogP contribution < -0.4 is 5.56 Å². The van der Waals surface area contributed by atoms with Crippen molar-refractivity contribution in [1.29, 1.82) is 0 Å². The first-order valence-electron chi connectivity index (χ1n) is 5.61. The van der Waals surface area contributed by atoms with Crippen LogP contribution in [0.5, 0.6) is 0 Å². The van der Waals surface area contributed by atoms with Crippen molar-refractivity contribution < 1.29 is 5.11 Å². The summed E-state index contributed by atoms with van der Waals surface area (Å²) in [5.41, 5.74) is 1.83. The van der Waals surface area contributed by atoms with Crippen LogP contribution in [-0.2, 0) is 6.61 Å². The summed E-state index contributed by atoms with van der Waals surface area (Å²) in [7, 11) is 0. The van der Waals surface area contributed by atoms with Crippen LogP contribution in [0.2, 0.25) is 0 Å². The van der Waals surface area contributed by atoms with Gasteiger partial charge in [-0.05, 0) is 0 Å². The minimum atomic E-state index is 0.00834. The Hall–Kier alpha value is -1.61. The third-order valence-corrected chi connectivity index (χ3v) is 5.18. The fourth-order valence-corrected chi connectivity index (χ4v) is 3.97. The molecule has 0 radical (unpaired) electrons. The summed E-state index contributed by atoms with van der Waals surface area (Å²) in [5.74, 6) is 0. The van der Waals surface area contributed by atoms with Gasteiger partial charge in [0.15, 0.2) is 0 Å². The van der Waals surface area contributed by atoms with Crippen LogP contribution in [0.1, 0.15) is 5.56 Å². The molecule has 0 aliphatic carbocycles. The van der Waals surface area contributed by atoms with Crippen molar-refractivity contribution in [2.45, 2.75) is 6.61 Å². The van der Waals surface area contributed by atoms with Crippen molar-refractivity contribution in [3.8, 4) is 5.69 Å². The number of aliphatic hydroxyl groups excluding tert-OH is 1. The van der Waals surface area contributed by atoms with E-state index >= 15 is 0 Å². The van der Waals surface area contributed by atoms with Gasteiger partial charge in [0.2, 0.25) is 0 Å². The Morgan fingerprint density at radius 3 is 2.44 bits per heavy atom. The predicted molar refractivity (Wildman–Crippen MR) is 72.4 cm³/mol. The normalized spacial score (nSPS) is 10.9. The molecule has 0 bridgehead atoms. The van der Waals surface area contributed by atoms with Gasteiger partial charge in [0.05, 0.1) is 0 Å². The van der Waals surface area contributed by atoms with E-state index in [0.29, 0.717) is 0 Å². The van der Waals surface area contributed by atoms with Gasteiger partial charge in [-0.1, -0.05) is 0 Å². The second kappa shape index (κ2) is 4.58. The van der Waals surface area contributed by atoms with Gasteiger partial charge in [0, 0.05) is 0 Å². The van der Waals surface area contributed by atoms with Gasteiger partial charge in [-0.2, -0.15) is 0 Å². The number of rotatable bonds is 2. The summed E-state index contributed by atoms with van der Waals surface area (Å²) in [6.07, 6.45) is 0. The third kappa shape index (κ3) is 1.85. The van der Waals surface area contributed by atoms with E-state index in [9.17, 15) is 4.79 Å². The first kappa shape index (κ1) is 11.5. The van der Waals surface area contributed by atoms with Crippen molar-refractivity contribution in [2.75, 3.05) is 0 Å². The number of hydrogen-bond donors (Lipinski definition) is 1. The molecule has 3 rings (SSSR count). The molecule has 1 N–H and O–H groups in total. The van der Waals surface area contributed by atoms with Crippen LogP contribution in [0, 0.1) is 0 Å². The Bertz CT molecular complexity index is 740. The number of aromatic nitrogens is 1. The van der Waals surface area contributed by atoms with Crippen molar-refractivity contribution in [3.05, 3.63) is 64.4 Å². The van der Waals surface area contributed by atoms with Gasteiger partial charge in [0.1, 0.15) is 0 Å². The molecule has 0 amide bonds. The maximum absolute atomic E-state index is 12.2. The second-order valence-corrected chi connectivity index (χ2v) is 6.08. The number of fused-ring (bicyclic) bond motifs is 1. The van der Waals surface area contributed by atoms with Crippen LogP contribution >= 0.6 is 0 Å². The van der Waals surface area contributed by atoms with E-state index in [0.717, 1.165) is 20.9 Å². The topological polar surface area (TPSA) is 42.2 Å². The Labute approximate surface area is 110 Å². The first-order chi connectivity index (χ1) is 8.79. The zero-order chi connectivity index (χ0) is 12.5. The summed E-state index contributed by atoms with van der Waals surface area (Å²) in [5, 5.41) is 9.82. The predicted octanol–water partition coefficient (Wildman–Crippen LogP) is 1.54. The zero-order valence-corrected chi connectivity index (χ0v) is 11.2. The Kier molecular flexibility index (Phi) is 2.92. The first-order valence-corrected chi connectivity index (χ1v) is 7.23. The minimum absolute atomic E-state index is 0.00834. The molecule has 0 unspecified atom stereocenters. The molecule has 90 valence electrons. The molecule has 4 heteroatoms. The van der Waals surface area contributed by atoms with E-state index in [1.807, 2.05) is 52.1 Å². The molecule has 0 saturated heterocycles. The Morgan fingerprint density at radius 1 is 1.06 bits per heavy atom. The van der Waals surface area contributed by atoms with Crippen LogP contribution in [0.15, 0.2) is 53.3 Å². The van der Waals surface area contributed by atoms with Crippen molar-refractivity contribution in [1.82, 2.24) is 3.56 Å². The Balaban J connectivity index is 2.18. The maximum atomic E-state index is 12.2. The second-order valence-electron chi connectivity index (χ2n) is 4.01. The van der Waals surface area contributed by atoms with Crippen LogP contribution in [0.3, 0.4) is 0 Å². The summed E-state index contributed by atoms with van der Waals surface area (Å²) in [6.45, 7) is 0.0274. The molecule has 0 aliphatic rings. The molecular formula is C14H11NO2Se. The summed E-state index contributed by atoms with van der Waals surface area (Å²) in [4.78, 5) is 12.2. The number of aliphatic hydroxyl groups is 1. The monoisotopic (exact) mass is 305 g/mol. The Morgan fingerprint density at radius 2 is 1.78 bits per heavy atom. The summed E-state index contributed by atoms with van der Waals surface area (Å²) >= 11 is 0.00834. The molecule has 0 saturated carbocycles. The molecule has 2 aromatic carbocycles. The molecule has 3 aromatic rings. The molecule has 1 aromatic heterocycles. The average Bonchev–Trinajstić information content (AvgIpc) is 2.77. The molecular weight excluding hydrogens is 293 g/mol. The van der Waals surface area contributed by atoms with E-state index in [1.54, 1.807) is 0 Å². The SMILES string of the molecule is O=c1c2ccccc2[se]n1-c1ccc(CO)cc1.